The van der Waals surface area contributed by atoms with Crippen LogP contribution in [-0.4, -0.2) is 25.6 Å². The number of amides is 1. The largest absolute Gasteiger partial charge is 0.493 e. The molecule has 0 aliphatic carbocycles. The van der Waals surface area contributed by atoms with Gasteiger partial charge in [0.2, 0.25) is 5.91 Å². The van der Waals surface area contributed by atoms with Gasteiger partial charge in [-0.05, 0) is 32.9 Å². The van der Waals surface area contributed by atoms with E-state index in [1.165, 1.54) is 0 Å². The zero-order valence-electron chi connectivity index (χ0n) is 12.9. The molecular weight excluding hydrogens is 268 g/mol. The van der Waals surface area contributed by atoms with Gasteiger partial charge in [0, 0.05) is 11.9 Å². The van der Waals surface area contributed by atoms with Crippen molar-refractivity contribution in [1.29, 1.82) is 0 Å². The molecule has 0 aliphatic heterocycles. The molecule has 1 aromatic heterocycles. The molecule has 2 aromatic rings. The van der Waals surface area contributed by atoms with Gasteiger partial charge >= 0.3 is 0 Å². The standard InChI is InChI=1S/C16H22N2O3/c1-5-17-16(19)11(3)18-10(2)14-9-12-7-6-8-13(20-4)15(12)21-14/h6-11,18H,5H2,1-4H3,(H,17,19). The van der Waals surface area contributed by atoms with Gasteiger partial charge in [0.1, 0.15) is 5.76 Å². The van der Waals surface area contributed by atoms with Crippen molar-refractivity contribution in [2.75, 3.05) is 13.7 Å². The third kappa shape index (κ3) is 3.36. The average molecular weight is 290 g/mol. The fourth-order valence-corrected chi connectivity index (χ4v) is 2.29. The Kier molecular flexibility index (Phi) is 4.85. The summed E-state index contributed by atoms with van der Waals surface area (Å²) in [6.45, 7) is 6.34. The van der Waals surface area contributed by atoms with Crippen molar-refractivity contribution in [2.24, 2.45) is 0 Å². The third-order valence-electron chi connectivity index (χ3n) is 3.42. The highest BCUT2D eigenvalue weighted by Gasteiger charge is 2.19. The number of ether oxygens (including phenoxy) is 1. The predicted molar refractivity (Wildman–Crippen MR) is 82.5 cm³/mol. The number of benzene rings is 1. The molecule has 0 saturated heterocycles. The van der Waals surface area contributed by atoms with Crippen molar-refractivity contribution in [1.82, 2.24) is 10.6 Å². The number of para-hydroxylation sites is 1. The van der Waals surface area contributed by atoms with E-state index in [1.807, 2.05) is 45.0 Å². The fourth-order valence-electron chi connectivity index (χ4n) is 2.29. The van der Waals surface area contributed by atoms with Gasteiger partial charge in [-0.2, -0.15) is 0 Å². The van der Waals surface area contributed by atoms with Crippen molar-refractivity contribution in [3.8, 4) is 5.75 Å². The van der Waals surface area contributed by atoms with Crippen LogP contribution in [0.1, 0.15) is 32.6 Å². The van der Waals surface area contributed by atoms with Gasteiger partial charge in [-0.15, -0.1) is 0 Å². The lowest BCUT2D eigenvalue weighted by Crippen LogP contribution is -2.42. The minimum Gasteiger partial charge on any atom is -0.493 e. The Morgan fingerprint density at radius 2 is 2.14 bits per heavy atom. The third-order valence-corrected chi connectivity index (χ3v) is 3.42. The van der Waals surface area contributed by atoms with Crippen LogP contribution in [0.15, 0.2) is 28.7 Å². The molecule has 2 atom stereocenters. The van der Waals surface area contributed by atoms with Crippen molar-refractivity contribution < 1.29 is 13.9 Å². The zero-order valence-corrected chi connectivity index (χ0v) is 12.9. The van der Waals surface area contributed by atoms with Crippen LogP contribution in [0.5, 0.6) is 5.75 Å². The fraction of sp³-hybridized carbons (Fsp3) is 0.438. The number of methoxy groups -OCH3 is 1. The van der Waals surface area contributed by atoms with E-state index in [9.17, 15) is 4.79 Å². The Balaban J connectivity index is 2.16. The first-order valence-electron chi connectivity index (χ1n) is 7.17. The van der Waals surface area contributed by atoms with Gasteiger partial charge in [-0.25, -0.2) is 0 Å². The molecule has 114 valence electrons. The van der Waals surface area contributed by atoms with E-state index in [0.29, 0.717) is 12.3 Å². The van der Waals surface area contributed by atoms with Gasteiger partial charge < -0.3 is 14.5 Å². The Morgan fingerprint density at radius 1 is 1.38 bits per heavy atom. The van der Waals surface area contributed by atoms with Crippen LogP contribution in [0.4, 0.5) is 0 Å². The van der Waals surface area contributed by atoms with E-state index in [0.717, 1.165) is 16.7 Å². The second-order valence-corrected chi connectivity index (χ2v) is 5.03. The van der Waals surface area contributed by atoms with Gasteiger partial charge in [-0.3, -0.25) is 10.1 Å². The summed E-state index contributed by atoms with van der Waals surface area (Å²) in [5.74, 6) is 1.48. The molecule has 2 rings (SSSR count). The first-order chi connectivity index (χ1) is 10.1. The molecule has 21 heavy (non-hydrogen) atoms. The van der Waals surface area contributed by atoms with E-state index < -0.39 is 0 Å². The van der Waals surface area contributed by atoms with Crippen molar-refractivity contribution >= 4 is 16.9 Å². The summed E-state index contributed by atoms with van der Waals surface area (Å²) in [5.41, 5.74) is 0.731. The smallest absolute Gasteiger partial charge is 0.236 e. The number of hydrogen-bond donors (Lipinski definition) is 2. The Morgan fingerprint density at radius 3 is 2.81 bits per heavy atom. The lowest BCUT2D eigenvalue weighted by Gasteiger charge is -2.17. The van der Waals surface area contributed by atoms with E-state index in [1.54, 1.807) is 7.11 Å². The van der Waals surface area contributed by atoms with Crippen LogP contribution in [0, 0.1) is 0 Å². The van der Waals surface area contributed by atoms with Crippen molar-refractivity contribution in [3.05, 3.63) is 30.0 Å². The van der Waals surface area contributed by atoms with Crippen LogP contribution >= 0.6 is 0 Å². The molecule has 2 unspecified atom stereocenters. The Labute approximate surface area is 124 Å². The minimum atomic E-state index is -0.282. The molecule has 0 bridgehead atoms. The number of hydrogen-bond acceptors (Lipinski definition) is 4. The van der Waals surface area contributed by atoms with Gasteiger partial charge in [0.05, 0.1) is 19.2 Å². The van der Waals surface area contributed by atoms with Crippen molar-refractivity contribution in [3.63, 3.8) is 0 Å². The summed E-state index contributed by atoms with van der Waals surface area (Å²) in [7, 11) is 1.62. The minimum absolute atomic E-state index is 0.0157. The lowest BCUT2D eigenvalue weighted by molar-refractivity contribution is -0.122. The van der Waals surface area contributed by atoms with Crippen LogP contribution in [0.3, 0.4) is 0 Å². The van der Waals surface area contributed by atoms with Crippen molar-refractivity contribution in [2.45, 2.75) is 32.9 Å². The molecule has 0 aliphatic rings. The van der Waals surface area contributed by atoms with Crippen LogP contribution in [0.2, 0.25) is 0 Å². The monoisotopic (exact) mass is 290 g/mol. The van der Waals surface area contributed by atoms with E-state index in [4.69, 9.17) is 9.15 Å². The Hall–Kier alpha value is -2.01. The molecule has 5 heteroatoms. The highest BCUT2D eigenvalue weighted by atomic mass is 16.5. The number of carbonyl (C=O) groups excluding carboxylic acids is 1. The first-order valence-corrected chi connectivity index (χ1v) is 7.17. The topological polar surface area (TPSA) is 63.5 Å². The molecule has 1 aromatic carbocycles. The van der Waals surface area contributed by atoms with E-state index >= 15 is 0 Å². The van der Waals surface area contributed by atoms with Gasteiger partial charge in [0.25, 0.3) is 0 Å². The molecule has 1 heterocycles. The summed E-state index contributed by atoms with van der Waals surface area (Å²) < 4.78 is 11.2. The lowest BCUT2D eigenvalue weighted by atomic mass is 10.2. The first kappa shape index (κ1) is 15.4. The molecule has 0 radical (unpaired) electrons. The Bertz CT molecular complexity index is 621. The summed E-state index contributed by atoms with van der Waals surface area (Å²) in [4.78, 5) is 11.8. The molecule has 5 nitrogen and oxygen atoms in total. The summed E-state index contributed by atoms with van der Waals surface area (Å²) in [6.07, 6.45) is 0. The number of furan rings is 1. The second-order valence-electron chi connectivity index (χ2n) is 5.03. The molecule has 2 N–H and O–H groups in total. The normalized spacial score (nSPS) is 13.9. The number of likely N-dealkylation sites (N-methyl/N-ethyl adjacent to an activating group) is 1. The quantitative estimate of drug-likeness (QED) is 0.858. The number of fused-ring (bicyclic) bond motifs is 1. The van der Waals surface area contributed by atoms with E-state index in [2.05, 4.69) is 10.6 Å². The summed E-state index contributed by atoms with van der Waals surface area (Å²) in [5, 5.41) is 7.02. The van der Waals surface area contributed by atoms with Gasteiger partial charge in [0.15, 0.2) is 11.3 Å². The highest BCUT2D eigenvalue weighted by molar-refractivity contribution is 5.84. The molecule has 0 saturated carbocycles. The zero-order chi connectivity index (χ0) is 15.4. The maximum absolute atomic E-state index is 11.8. The number of nitrogens with one attached hydrogen (secondary N) is 2. The van der Waals surface area contributed by atoms with Crippen LogP contribution in [0.25, 0.3) is 11.0 Å². The van der Waals surface area contributed by atoms with Crippen LogP contribution < -0.4 is 15.4 Å². The highest BCUT2D eigenvalue weighted by Crippen LogP contribution is 2.30. The van der Waals surface area contributed by atoms with Gasteiger partial charge in [-0.1, -0.05) is 12.1 Å². The molecule has 0 fully saturated rings. The predicted octanol–water partition coefficient (Wildman–Crippen LogP) is 2.62. The number of carbonyl (C=O) groups is 1. The molecule has 1 amide bonds. The second kappa shape index (κ2) is 6.63. The maximum Gasteiger partial charge on any atom is 0.236 e. The average Bonchev–Trinajstić information content (AvgIpc) is 2.91. The van der Waals surface area contributed by atoms with E-state index in [-0.39, 0.29) is 18.0 Å². The SMILES string of the molecule is CCNC(=O)C(C)NC(C)c1cc2cccc(OC)c2o1. The maximum atomic E-state index is 11.8. The number of rotatable bonds is 6. The molecular formula is C16H22N2O3. The summed E-state index contributed by atoms with van der Waals surface area (Å²) in [6, 6.07) is 7.39. The molecule has 0 spiro atoms. The summed E-state index contributed by atoms with van der Waals surface area (Å²) >= 11 is 0. The van der Waals surface area contributed by atoms with Crippen LogP contribution in [-0.2, 0) is 4.79 Å².